The van der Waals surface area contributed by atoms with E-state index in [1.165, 1.54) is 36.8 Å². The van der Waals surface area contributed by atoms with Crippen molar-refractivity contribution in [3.63, 3.8) is 0 Å². The second kappa shape index (κ2) is 9.86. The maximum absolute atomic E-state index is 6.24. The lowest BCUT2D eigenvalue weighted by Gasteiger charge is -2.46. The highest BCUT2D eigenvalue weighted by Crippen LogP contribution is 2.33. The van der Waals surface area contributed by atoms with Gasteiger partial charge in [0.2, 0.25) is 0 Å². The van der Waals surface area contributed by atoms with Crippen molar-refractivity contribution in [2.45, 2.75) is 63.3 Å². The van der Waals surface area contributed by atoms with Gasteiger partial charge in [0.25, 0.3) is 0 Å². The van der Waals surface area contributed by atoms with Gasteiger partial charge in [-0.15, -0.1) is 0 Å². The summed E-state index contributed by atoms with van der Waals surface area (Å²) in [6.45, 7) is 4.00. The first-order valence-corrected chi connectivity index (χ1v) is 12.5. The average Bonchev–Trinajstić information content (AvgIpc) is 3.17. The summed E-state index contributed by atoms with van der Waals surface area (Å²) >= 11 is 7.97. The largest absolute Gasteiger partial charge is 0.374 e. The molecular formula is C23H32ClN3OS. The Kier molecular flexibility index (Phi) is 7.22. The molecule has 2 aromatic rings. The fraction of sp³-hybridized carbons (Fsp3) is 0.609. The molecule has 158 valence electrons. The minimum atomic E-state index is 0.345. The Hall–Kier alpha value is -1.01. The van der Waals surface area contributed by atoms with Crippen LogP contribution in [0, 0.1) is 6.92 Å². The Morgan fingerprint density at radius 3 is 2.52 bits per heavy atom. The Morgan fingerprint density at radius 1 is 1.14 bits per heavy atom. The molecule has 0 N–H and O–H groups in total. The number of morpholine rings is 1. The molecule has 2 heterocycles. The first-order chi connectivity index (χ1) is 14.1. The number of aryl methyl sites for hydroxylation is 1. The van der Waals surface area contributed by atoms with Crippen LogP contribution in [0.25, 0.3) is 0 Å². The lowest BCUT2D eigenvalue weighted by atomic mass is 9.88. The van der Waals surface area contributed by atoms with Crippen LogP contribution < -0.4 is 0 Å². The van der Waals surface area contributed by atoms with Gasteiger partial charge in [-0.3, -0.25) is 9.58 Å². The van der Waals surface area contributed by atoms with E-state index in [9.17, 15) is 0 Å². The fourth-order valence-electron chi connectivity index (χ4n) is 4.87. The molecule has 2 aliphatic rings. The van der Waals surface area contributed by atoms with Gasteiger partial charge in [-0.2, -0.15) is 16.9 Å². The molecule has 6 heteroatoms. The predicted octanol–water partition coefficient (Wildman–Crippen LogP) is 5.00. The third-order valence-corrected chi connectivity index (χ3v) is 7.34. The number of nitrogens with zero attached hydrogens (tertiary/aromatic N) is 3. The predicted molar refractivity (Wildman–Crippen MR) is 122 cm³/mol. The number of benzene rings is 1. The molecule has 2 atom stereocenters. The summed E-state index contributed by atoms with van der Waals surface area (Å²) < 4.78 is 8.43. The van der Waals surface area contributed by atoms with Gasteiger partial charge < -0.3 is 4.74 Å². The second-order valence-electron chi connectivity index (χ2n) is 8.55. The first-order valence-electron chi connectivity index (χ1n) is 10.7. The molecule has 2 fully saturated rings. The van der Waals surface area contributed by atoms with E-state index in [0.717, 1.165) is 30.3 Å². The smallest absolute Gasteiger partial charge is 0.0793 e. The Morgan fingerprint density at radius 2 is 1.86 bits per heavy atom. The Balaban J connectivity index is 1.42. The zero-order chi connectivity index (χ0) is 20.2. The van der Waals surface area contributed by atoms with Gasteiger partial charge in [-0.25, -0.2) is 0 Å². The van der Waals surface area contributed by atoms with Crippen LogP contribution in [0.2, 0.25) is 5.02 Å². The summed E-state index contributed by atoms with van der Waals surface area (Å²) in [5, 5.41) is 5.36. The monoisotopic (exact) mass is 433 g/mol. The van der Waals surface area contributed by atoms with Gasteiger partial charge in [0, 0.05) is 35.6 Å². The highest BCUT2D eigenvalue weighted by atomic mass is 35.5. The van der Waals surface area contributed by atoms with Crippen LogP contribution in [0.15, 0.2) is 36.7 Å². The molecule has 0 bridgehead atoms. The Labute approximate surface area is 183 Å². The van der Waals surface area contributed by atoms with E-state index in [2.05, 4.69) is 46.2 Å². The van der Waals surface area contributed by atoms with Crippen molar-refractivity contribution in [1.82, 2.24) is 14.7 Å². The third-order valence-electron chi connectivity index (χ3n) is 6.38. The molecule has 1 saturated carbocycles. The van der Waals surface area contributed by atoms with E-state index in [1.54, 1.807) is 0 Å². The van der Waals surface area contributed by atoms with Gasteiger partial charge in [0.15, 0.2) is 0 Å². The van der Waals surface area contributed by atoms with Crippen LogP contribution in [0.3, 0.4) is 0 Å². The van der Waals surface area contributed by atoms with E-state index < -0.39 is 0 Å². The van der Waals surface area contributed by atoms with Gasteiger partial charge in [0.05, 0.1) is 24.9 Å². The van der Waals surface area contributed by atoms with Crippen molar-refractivity contribution >= 4 is 23.4 Å². The molecule has 1 aromatic heterocycles. The zero-order valence-electron chi connectivity index (χ0n) is 17.5. The molecule has 0 spiro atoms. The SMILES string of the molecule is CSCC1CN(C2CCC(n3cc(C)cn3)CC2)C(Cc2ccc(Cl)cc2)CO1. The van der Waals surface area contributed by atoms with Crippen LogP contribution in [0.4, 0.5) is 0 Å². The molecule has 2 unspecified atom stereocenters. The van der Waals surface area contributed by atoms with E-state index >= 15 is 0 Å². The van der Waals surface area contributed by atoms with Crippen molar-refractivity contribution in [1.29, 1.82) is 0 Å². The maximum Gasteiger partial charge on any atom is 0.0793 e. The molecular weight excluding hydrogens is 402 g/mol. The summed E-state index contributed by atoms with van der Waals surface area (Å²) in [5.74, 6) is 1.08. The zero-order valence-corrected chi connectivity index (χ0v) is 19.0. The molecule has 0 radical (unpaired) electrons. The highest BCUT2D eigenvalue weighted by Gasteiger charge is 2.36. The number of aromatic nitrogens is 2. The van der Waals surface area contributed by atoms with Crippen LogP contribution in [-0.2, 0) is 11.2 Å². The lowest BCUT2D eigenvalue weighted by molar-refractivity contribution is -0.0760. The molecule has 4 nitrogen and oxygen atoms in total. The summed E-state index contributed by atoms with van der Waals surface area (Å²) in [6, 6.07) is 9.96. The number of hydrogen-bond acceptors (Lipinski definition) is 4. The van der Waals surface area contributed by atoms with E-state index in [0.29, 0.717) is 24.2 Å². The molecule has 0 amide bonds. The topological polar surface area (TPSA) is 30.3 Å². The molecule has 1 aliphatic carbocycles. The number of halogens is 1. The summed E-state index contributed by atoms with van der Waals surface area (Å²) in [6.07, 6.45) is 12.6. The van der Waals surface area contributed by atoms with E-state index in [1.807, 2.05) is 30.1 Å². The molecule has 1 aliphatic heterocycles. The lowest BCUT2D eigenvalue weighted by Crippen LogP contribution is -2.56. The Bertz CT molecular complexity index is 773. The van der Waals surface area contributed by atoms with Gasteiger partial charge in [0.1, 0.15) is 0 Å². The molecule has 29 heavy (non-hydrogen) atoms. The first kappa shape index (κ1) is 21.2. The maximum atomic E-state index is 6.24. The molecule has 4 rings (SSSR count). The van der Waals surface area contributed by atoms with Crippen molar-refractivity contribution in [2.75, 3.05) is 25.2 Å². The average molecular weight is 434 g/mol. The van der Waals surface area contributed by atoms with Crippen molar-refractivity contribution in [2.24, 2.45) is 0 Å². The summed E-state index contributed by atoms with van der Waals surface area (Å²) in [5.41, 5.74) is 2.60. The van der Waals surface area contributed by atoms with Gasteiger partial charge in [-0.05, 0) is 68.5 Å². The van der Waals surface area contributed by atoms with Gasteiger partial charge >= 0.3 is 0 Å². The summed E-state index contributed by atoms with van der Waals surface area (Å²) in [7, 11) is 0. The quantitative estimate of drug-likeness (QED) is 0.641. The highest BCUT2D eigenvalue weighted by molar-refractivity contribution is 7.98. The van der Waals surface area contributed by atoms with E-state index in [4.69, 9.17) is 16.3 Å². The van der Waals surface area contributed by atoms with Crippen molar-refractivity contribution in [3.8, 4) is 0 Å². The normalized spacial score (nSPS) is 28.5. The van der Waals surface area contributed by atoms with Crippen LogP contribution in [0.5, 0.6) is 0 Å². The minimum absolute atomic E-state index is 0.345. The van der Waals surface area contributed by atoms with Gasteiger partial charge in [-0.1, -0.05) is 23.7 Å². The number of thioether (sulfide) groups is 1. The summed E-state index contributed by atoms with van der Waals surface area (Å²) in [4.78, 5) is 2.77. The number of hydrogen-bond donors (Lipinski definition) is 0. The van der Waals surface area contributed by atoms with Crippen LogP contribution >= 0.6 is 23.4 Å². The minimum Gasteiger partial charge on any atom is -0.374 e. The fourth-order valence-corrected chi connectivity index (χ4v) is 5.57. The number of ether oxygens (including phenoxy) is 1. The van der Waals surface area contributed by atoms with Crippen LogP contribution in [0.1, 0.15) is 42.9 Å². The second-order valence-corrected chi connectivity index (χ2v) is 9.90. The molecule has 1 saturated heterocycles. The third kappa shape index (κ3) is 5.38. The van der Waals surface area contributed by atoms with Crippen molar-refractivity contribution in [3.05, 3.63) is 52.8 Å². The molecule has 1 aromatic carbocycles. The van der Waals surface area contributed by atoms with E-state index in [-0.39, 0.29) is 0 Å². The number of rotatable bonds is 6. The van der Waals surface area contributed by atoms with Crippen molar-refractivity contribution < 1.29 is 4.74 Å². The van der Waals surface area contributed by atoms with Crippen LogP contribution in [-0.4, -0.2) is 58.0 Å². The standard InChI is InChI=1S/C23H32ClN3OS/c1-17-12-25-27(13-17)21-9-7-20(8-10-21)26-14-23(16-29-2)28-15-22(26)11-18-3-5-19(24)6-4-18/h3-6,12-13,20-23H,7-11,14-16H2,1-2H3.